The van der Waals surface area contributed by atoms with Gasteiger partial charge in [0.05, 0.1) is 15.7 Å². The molecule has 0 spiro atoms. The number of rotatable bonds is 2. The summed E-state index contributed by atoms with van der Waals surface area (Å²) in [7, 11) is 0. The first-order valence-corrected chi connectivity index (χ1v) is 7.00. The fourth-order valence-corrected chi connectivity index (χ4v) is 2.41. The standard InChI is InChI=1S/C13H8BrClF4N2/c1-2-9-10(14)11(15)21-12(20-9)7-4-3-6(16)5-8(7)13(17,18)19/h3-5H,2H2,1H3. The molecule has 0 aliphatic heterocycles. The third-order valence-electron chi connectivity index (χ3n) is 2.74. The van der Waals surface area contributed by atoms with Gasteiger partial charge in [-0.05, 0) is 40.5 Å². The van der Waals surface area contributed by atoms with Crippen molar-refractivity contribution in [2.45, 2.75) is 19.5 Å². The number of hydrogen-bond donors (Lipinski definition) is 0. The van der Waals surface area contributed by atoms with Crippen molar-refractivity contribution in [2.24, 2.45) is 0 Å². The Kier molecular flexibility index (Phi) is 4.53. The van der Waals surface area contributed by atoms with Crippen molar-refractivity contribution in [1.29, 1.82) is 0 Å². The second-order valence-electron chi connectivity index (χ2n) is 4.14. The second kappa shape index (κ2) is 5.88. The summed E-state index contributed by atoms with van der Waals surface area (Å²) in [6.07, 6.45) is -4.26. The van der Waals surface area contributed by atoms with Crippen molar-refractivity contribution >= 4 is 27.5 Å². The summed E-state index contributed by atoms with van der Waals surface area (Å²) in [5.41, 5.74) is -0.974. The maximum atomic E-state index is 13.1. The fourth-order valence-electron chi connectivity index (χ4n) is 1.76. The monoisotopic (exact) mass is 382 g/mol. The molecule has 0 atom stereocenters. The average Bonchev–Trinajstić information content (AvgIpc) is 2.40. The van der Waals surface area contributed by atoms with Crippen LogP contribution in [0.15, 0.2) is 22.7 Å². The number of aryl methyl sites for hydroxylation is 1. The summed E-state index contributed by atoms with van der Waals surface area (Å²) < 4.78 is 52.6. The van der Waals surface area contributed by atoms with E-state index in [1.165, 1.54) is 0 Å². The molecule has 0 N–H and O–H groups in total. The van der Waals surface area contributed by atoms with Crippen molar-refractivity contribution in [1.82, 2.24) is 9.97 Å². The molecule has 2 aromatic rings. The highest BCUT2D eigenvalue weighted by molar-refractivity contribution is 9.10. The smallest absolute Gasteiger partial charge is 0.232 e. The third-order valence-corrected chi connectivity index (χ3v) is 4.08. The maximum absolute atomic E-state index is 13.1. The Morgan fingerprint density at radius 3 is 2.48 bits per heavy atom. The van der Waals surface area contributed by atoms with E-state index in [0.717, 1.165) is 12.1 Å². The number of halogens is 6. The number of benzene rings is 1. The molecular weight excluding hydrogens is 376 g/mol. The molecule has 2 rings (SSSR count). The molecule has 1 aromatic carbocycles. The van der Waals surface area contributed by atoms with Crippen LogP contribution in [-0.4, -0.2) is 9.97 Å². The van der Waals surface area contributed by atoms with E-state index in [4.69, 9.17) is 11.6 Å². The Hall–Kier alpha value is -1.21. The molecule has 1 aromatic heterocycles. The maximum Gasteiger partial charge on any atom is 0.417 e. The first kappa shape index (κ1) is 16.2. The molecule has 8 heteroatoms. The third kappa shape index (κ3) is 3.35. The molecule has 0 aliphatic carbocycles. The fraction of sp³-hybridized carbons (Fsp3) is 0.231. The van der Waals surface area contributed by atoms with Gasteiger partial charge >= 0.3 is 6.18 Å². The molecule has 0 saturated carbocycles. The van der Waals surface area contributed by atoms with E-state index >= 15 is 0 Å². The van der Waals surface area contributed by atoms with E-state index in [1.54, 1.807) is 6.92 Å². The molecule has 0 unspecified atom stereocenters. The first-order valence-electron chi connectivity index (χ1n) is 5.83. The van der Waals surface area contributed by atoms with Crippen LogP contribution in [0.25, 0.3) is 11.4 Å². The lowest BCUT2D eigenvalue weighted by Gasteiger charge is -2.13. The summed E-state index contributed by atoms with van der Waals surface area (Å²) in [5.74, 6) is -1.17. The van der Waals surface area contributed by atoms with Crippen LogP contribution >= 0.6 is 27.5 Å². The number of alkyl halides is 3. The molecule has 1 heterocycles. The molecule has 2 nitrogen and oxygen atoms in total. The van der Waals surface area contributed by atoms with Crippen molar-refractivity contribution < 1.29 is 17.6 Å². The van der Waals surface area contributed by atoms with Crippen molar-refractivity contribution in [3.8, 4) is 11.4 Å². The van der Waals surface area contributed by atoms with Crippen LogP contribution in [0.1, 0.15) is 18.2 Å². The molecule has 21 heavy (non-hydrogen) atoms. The van der Waals surface area contributed by atoms with E-state index < -0.39 is 17.6 Å². The van der Waals surface area contributed by atoms with Crippen LogP contribution in [0.2, 0.25) is 5.15 Å². The lowest BCUT2D eigenvalue weighted by atomic mass is 10.1. The van der Waals surface area contributed by atoms with E-state index in [1.807, 2.05) is 0 Å². The van der Waals surface area contributed by atoms with Gasteiger partial charge in [-0.3, -0.25) is 0 Å². The van der Waals surface area contributed by atoms with Crippen LogP contribution in [-0.2, 0) is 12.6 Å². The molecule has 0 fully saturated rings. The predicted molar refractivity (Wildman–Crippen MR) is 74.5 cm³/mol. The van der Waals surface area contributed by atoms with Crippen LogP contribution in [0.5, 0.6) is 0 Å². The molecule has 0 bridgehead atoms. The minimum absolute atomic E-state index is 0.00861. The minimum Gasteiger partial charge on any atom is -0.232 e. The predicted octanol–water partition coefficient (Wildman–Crippen LogP) is 5.28. The van der Waals surface area contributed by atoms with Crippen LogP contribution < -0.4 is 0 Å². The zero-order chi connectivity index (χ0) is 15.8. The van der Waals surface area contributed by atoms with Gasteiger partial charge in [-0.2, -0.15) is 13.2 Å². The Morgan fingerprint density at radius 2 is 1.90 bits per heavy atom. The lowest BCUT2D eigenvalue weighted by molar-refractivity contribution is -0.137. The van der Waals surface area contributed by atoms with Crippen LogP contribution in [0, 0.1) is 5.82 Å². The van der Waals surface area contributed by atoms with Gasteiger partial charge in [-0.1, -0.05) is 18.5 Å². The van der Waals surface area contributed by atoms with Gasteiger partial charge in [0.1, 0.15) is 11.0 Å². The molecule has 0 saturated heterocycles. The van der Waals surface area contributed by atoms with Gasteiger partial charge in [-0.15, -0.1) is 0 Å². The summed E-state index contributed by atoms with van der Waals surface area (Å²) in [6, 6.07) is 2.34. The first-order chi connectivity index (χ1) is 9.74. The molecule has 112 valence electrons. The van der Waals surface area contributed by atoms with Crippen LogP contribution in [0.3, 0.4) is 0 Å². The number of aromatic nitrogens is 2. The second-order valence-corrected chi connectivity index (χ2v) is 5.29. The summed E-state index contributed by atoms with van der Waals surface area (Å²) in [6.45, 7) is 1.78. The van der Waals surface area contributed by atoms with Crippen molar-refractivity contribution in [3.05, 3.63) is 44.9 Å². The van der Waals surface area contributed by atoms with Gasteiger partial charge < -0.3 is 0 Å². The van der Waals surface area contributed by atoms with E-state index in [0.29, 0.717) is 22.7 Å². The highest BCUT2D eigenvalue weighted by atomic mass is 79.9. The topological polar surface area (TPSA) is 25.8 Å². The highest BCUT2D eigenvalue weighted by Gasteiger charge is 2.35. The number of nitrogens with zero attached hydrogens (tertiary/aromatic N) is 2. The summed E-state index contributed by atoms with van der Waals surface area (Å²) in [5, 5.41) is 0.00861. The van der Waals surface area contributed by atoms with Gasteiger partial charge in [0.25, 0.3) is 0 Å². The SMILES string of the molecule is CCc1nc(-c2ccc(F)cc2C(F)(F)F)nc(Cl)c1Br. The zero-order valence-electron chi connectivity index (χ0n) is 10.6. The normalized spacial score (nSPS) is 11.8. The van der Waals surface area contributed by atoms with Crippen LogP contribution in [0.4, 0.5) is 17.6 Å². The van der Waals surface area contributed by atoms with E-state index in [2.05, 4.69) is 25.9 Å². The van der Waals surface area contributed by atoms with Gasteiger partial charge in [0, 0.05) is 5.56 Å². The van der Waals surface area contributed by atoms with Gasteiger partial charge in [-0.25, -0.2) is 14.4 Å². The van der Waals surface area contributed by atoms with Crippen molar-refractivity contribution in [2.75, 3.05) is 0 Å². The van der Waals surface area contributed by atoms with E-state index in [-0.39, 0.29) is 16.5 Å². The van der Waals surface area contributed by atoms with Gasteiger partial charge in [0.2, 0.25) is 0 Å². The Labute approximate surface area is 131 Å². The minimum atomic E-state index is -4.72. The molecule has 0 radical (unpaired) electrons. The average molecular weight is 384 g/mol. The van der Waals surface area contributed by atoms with E-state index in [9.17, 15) is 17.6 Å². The Bertz CT molecular complexity index is 689. The summed E-state index contributed by atoms with van der Waals surface area (Å²) >= 11 is 9.07. The quantitative estimate of drug-likeness (QED) is 0.521. The molecule has 0 aliphatic rings. The number of hydrogen-bond acceptors (Lipinski definition) is 2. The zero-order valence-corrected chi connectivity index (χ0v) is 12.9. The Morgan fingerprint density at radius 1 is 1.24 bits per heavy atom. The molecule has 0 amide bonds. The van der Waals surface area contributed by atoms with Crippen molar-refractivity contribution in [3.63, 3.8) is 0 Å². The van der Waals surface area contributed by atoms with Gasteiger partial charge in [0.15, 0.2) is 5.82 Å². The molecular formula is C13H8BrClF4N2. The Balaban J connectivity index is 2.70. The highest BCUT2D eigenvalue weighted by Crippen LogP contribution is 2.37. The lowest BCUT2D eigenvalue weighted by Crippen LogP contribution is -2.09. The summed E-state index contributed by atoms with van der Waals surface area (Å²) in [4.78, 5) is 7.90. The largest absolute Gasteiger partial charge is 0.417 e.